The monoisotopic (exact) mass is 363 g/mol. The first-order chi connectivity index (χ1) is 11.9. The number of thiophene rings is 1. The molecule has 0 unspecified atom stereocenters. The standard InChI is InChI=1S/C18H21NO5S/c1-10-7-8-15(25-10)14(20)9-24-18(23)11(2)19-16(21)12-5-3-4-6-13(12)17(19)22/h7-8,11-13H,3-6,9H2,1-2H3/t11-,12-,13-/m0/s1. The molecule has 2 amide bonds. The fourth-order valence-corrected chi connectivity index (χ4v) is 4.38. The number of aryl methyl sites for hydroxylation is 1. The molecule has 1 aromatic rings. The number of amides is 2. The van der Waals surface area contributed by atoms with E-state index in [1.54, 1.807) is 6.07 Å². The van der Waals surface area contributed by atoms with Gasteiger partial charge in [-0.2, -0.15) is 0 Å². The van der Waals surface area contributed by atoms with E-state index in [9.17, 15) is 19.2 Å². The SMILES string of the molecule is Cc1ccc(C(=O)COC(=O)[C@H](C)N2C(=O)[C@H]3CCCC[C@@H]3C2=O)s1. The van der Waals surface area contributed by atoms with Crippen LogP contribution in [0.15, 0.2) is 12.1 Å². The summed E-state index contributed by atoms with van der Waals surface area (Å²) in [6.07, 6.45) is 3.26. The molecule has 6 nitrogen and oxygen atoms in total. The molecular formula is C18H21NO5S. The van der Waals surface area contributed by atoms with Crippen LogP contribution >= 0.6 is 11.3 Å². The maximum Gasteiger partial charge on any atom is 0.329 e. The number of likely N-dealkylation sites (tertiary alicyclic amines) is 1. The number of hydrogen-bond donors (Lipinski definition) is 0. The van der Waals surface area contributed by atoms with Gasteiger partial charge in [0.25, 0.3) is 0 Å². The van der Waals surface area contributed by atoms with E-state index in [1.165, 1.54) is 18.3 Å². The Balaban J connectivity index is 1.61. The summed E-state index contributed by atoms with van der Waals surface area (Å²) in [6.45, 7) is 2.99. The Labute approximate surface area is 150 Å². The minimum atomic E-state index is -0.997. The van der Waals surface area contributed by atoms with Crippen molar-refractivity contribution in [3.05, 3.63) is 21.9 Å². The molecule has 1 aromatic heterocycles. The highest BCUT2D eigenvalue weighted by molar-refractivity contribution is 7.14. The molecule has 3 atom stereocenters. The molecule has 0 radical (unpaired) electrons. The van der Waals surface area contributed by atoms with E-state index < -0.39 is 12.0 Å². The summed E-state index contributed by atoms with van der Waals surface area (Å²) < 4.78 is 5.06. The number of nitrogens with zero attached hydrogens (tertiary/aromatic N) is 1. The highest BCUT2D eigenvalue weighted by Gasteiger charge is 2.51. The number of ketones is 1. The van der Waals surface area contributed by atoms with Crippen molar-refractivity contribution in [2.24, 2.45) is 11.8 Å². The average Bonchev–Trinajstić information content (AvgIpc) is 3.15. The number of ether oxygens (including phenoxy) is 1. The van der Waals surface area contributed by atoms with Crippen LogP contribution in [0.5, 0.6) is 0 Å². The molecule has 2 aliphatic rings. The van der Waals surface area contributed by atoms with Crippen LogP contribution in [0.4, 0.5) is 0 Å². The maximum absolute atomic E-state index is 12.5. The van der Waals surface area contributed by atoms with Crippen molar-refractivity contribution in [2.75, 3.05) is 6.61 Å². The Kier molecular flexibility index (Phi) is 5.03. The number of Topliss-reactive ketones (excluding diaryl/α,β-unsaturated/α-hetero) is 1. The average molecular weight is 363 g/mol. The lowest BCUT2D eigenvalue weighted by Crippen LogP contribution is -2.44. The van der Waals surface area contributed by atoms with Crippen LogP contribution in [0.3, 0.4) is 0 Å². The van der Waals surface area contributed by atoms with Gasteiger partial charge in [-0.05, 0) is 38.8 Å². The normalized spacial score (nSPS) is 24.2. The summed E-state index contributed by atoms with van der Waals surface area (Å²) >= 11 is 1.34. The van der Waals surface area contributed by atoms with Crippen molar-refractivity contribution in [2.45, 2.75) is 45.6 Å². The minimum Gasteiger partial charge on any atom is -0.456 e. The molecule has 7 heteroatoms. The Morgan fingerprint density at radius 3 is 2.32 bits per heavy atom. The quantitative estimate of drug-likeness (QED) is 0.456. The summed E-state index contributed by atoms with van der Waals surface area (Å²) in [6, 6.07) is 2.52. The molecular weight excluding hydrogens is 342 g/mol. The minimum absolute atomic E-state index is 0.278. The fraction of sp³-hybridized carbons (Fsp3) is 0.556. The van der Waals surface area contributed by atoms with Crippen LogP contribution in [-0.2, 0) is 19.1 Å². The first-order valence-corrected chi connectivity index (χ1v) is 9.35. The van der Waals surface area contributed by atoms with E-state index in [2.05, 4.69) is 0 Å². The Bertz CT molecular complexity index is 701. The Morgan fingerprint density at radius 1 is 1.20 bits per heavy atom. The lowest BCUT2D eigenvalue weighted by molar-refractivity contribution is -0.157. The van der Waals surface area contributed by atoms with Crippen LogP contribution < -0.4 is 0 Å². The van der Waals surface area contributed by atoms with Gasteiger partial charge in [0.2, 0.25) is 17.6 Å². The Morgan fingerprint density at radius 2 is 1.80 bits per heavy atom. The first-order valence-electron chi connectivity index (χ1n) is 8.53. The zero-order valence-corrected chi connectivity index (χ0v) is 15.1. The van der Waals surface area contributed by atoms with Crippen LogP contribution in [0.25, 0.3) is 0 Å². The van der Waals surface area contributed by atoms with Crippen LogP contribution in [0.1, 0.15) is 47.2 Å². The van der Waals surface area contributed by atoms with Gasteiger partial charge in [0.1, 0.15) is 6.04 Å². The van der Waals surface area contributed by atoms with Gasteiger partial charge in [-0.3, -0.25) is 19.3 Å². The predicted octanol–water partition coefficient (Wildman–Crippen LogP) is 2.35. The summed E-state index contributed by atoms with van der Waals surface area (Å²) in [5.41, 5.74) is 0. The second-order valence-corrected chi connectivity index (χ2v) is 7.95. The molecule has 1 saturated carbocycles. The van der Waals surface area contributed by atoms with Gasteiger partial charge < -0.3 is 4.74 Å². The third kappa shape index (κ3) is 3.38. The number of imide groups is 1. The number of esters is 1. The molecule has 1 aliphatic heterocycles. The molecule has 0 N–H and O–H groups in total. The summed E-state index contributed by atoms with van der Waals surface area (Å²) in [5, 5.41) is 0. The molecule has 3 rings (SSSR count). The lowest BCUT2D eigenvalue weighted by Gasteiger charge is -2.21. The summed E-state index contributed by atoms with van der Waals surface area (Å²) in [7, 11) is 0. The van der Waals surface area contributed by atoms with E-state index >= 15 is 0 Å². The van der Waals surface area contributed by atoms with E-state index in [1.807, 2.05) is 13.0 Å². The third-order valence-electron chi connectivity index (χ3n) is 4.96. The fourth-order valence-electron chi connectivity index (χ4n) is 3.59. The second kappa shape index (κ2) is 7.07. The van der Waals surface area contributed by atoms with Crippen molar-refractivity contribution in [1.82, 2.24) is 4.90 Å². The van der Waals surface area contributed by atoms with Crippen LogP contribution in [-0.4, -0.2) is 41.1 Å². The number of hydrogen-bond acceptors (Lipinski definition) is 6. The van der Waals surface area contributed by atoms with Gasteiger partial charge in [-0.25, -0.2) is 4.79 Å². The molecule has 1 aliphatic carbocycles. The van der Waals surface area contributed by atoms with Crippen molar-refractivity contribution < 1.29 is 23.9 Å². The number of carbonyl (C=O) groups is 4. The van der Waals surface area contributed by atoms with Gasteiger partial charge in [-0.15, -0.1) is 11.3 Å². The lowest BCUT2D eigenvalue weighted by atomic mass is 9.81. The van der Waals surface area contributed by atoms with Gasteiger partial charge >= 0.3 is 5.97 Å². The van der Waals surface area contributed by atoms with Gasteiger partial charge in [0.15, 0.2) is 6.61 Å². The van der Waals surface area contributed by atoms with E-state index in [0.29, 0.717) is 17.7 Å². The van der Waals surface area contributed by atoms with Gasteiger partial charge in [0, 0.05) is 4.88 Å². The number of carbonyl (C=O) groups excluding carboxylic acids is 4. The van der Waals surface area contributed by atoms with Crippen molar-refractivity contribution in [1.29, 1.82) is 0 Å². The van der Waals surface area contributed by atoms with Crippen LogP contribution in [0, 0.1) is 18.8 Å². The molecule has 2 heterocycles. The van der Waals surface area contributed by atoms with Crippen molar-refractivity contribution in [3.63, 3.8) is 0 Å². The highest BCUT2D eigenvalue weighted by atomic mass is 32.1. The van der Waals surface area contributed by atoms with E-state index in [-0.39, 0.29) is 36.0 Å². The zero-order valence-electron chi connectivity index (χ0n) is 14.3. The molecule has 2 fully saturated rings. The predicted molar refractivity (Wildman–Crippen MR) is 91.1 cm³/mol. The molecule has 0 aromatic carbocycles. The first kappa shape index (κ1) is 17.8. The number of fused-ring (bicyclic) bond motifs is 1. The van der Waals surface area contributed by atoms with E-state index in [4.69, 9.17) is 4.74 Å². The molecule has 0 spiro atoms. The van der Waals surface area contributed by atoms with Gasteiger partial charge in [0.05, 0.1) is 16.7 Å². The smallest absolute Gasteiger partial charge is 0.329 e. The third-order valence-corrected chi connectivity index (χ3v) is 6.01. The largest absolute Gasteiger partial charge is 0.456 e. The topological polar surface area (TPSA) is 80.8 Å². The molecule has 25 heavy (non-hydrogen) atoms. The second-order valence-electron chi connectivity index (χ2n) is 6.66. The molecule has 134 valence electrons. The summed E-state index contributed by atoms with van der Waals surface area (Å²) in [4.78, 5) is 51.8. The van der Waals surface area contributed by atoms with Crippen molar-refractivity contribution >= 4 is 34.9 Å². The Hall–Kier alpha value is -2.02. The summed E-state index contributed by atoms with van der Waals surface area (Å²) in [5.74, 6) is -2.16. The van der Waals surface area contributed by atoms with Gasteiger partial charge in [-0.1, -0.05) is 12.8 Å². The molecule has 0 bridgehead atoms. The van der Waals surface area contributed by atoms with Crippen molar-refractivity contribution in [3.8, 4) is 0 Å². The van der Waals surface area contributed by atoms with E-state index in [0.717, 1.165) is 22.6 Å². The molecule has 1 saturated heterocycles. The number of rotatable bonds is 5. The zero-order chi connectivity index (χ0) is 18.1. The maximum atomic E-state index is 12.5. The van der Waals surface area contributed by atoms with Crippen LogP contribution in [0.2, 0.25) is 0 Å². The highest BCUT2D eigenvalue weighted by Crippen LogP contribution is 2.38.